The van der Waals surface area contributed by atoms with E-state index in [1.807, 2.05) is 13.8 Å². The lowest BCUT2D eigenvalue weighted by Crippen LogP contribution is -2.43. The molecule has 0 aromatic heterocycles. The van der Waals surface area contributed by atoms with E-state index >= 15 is 0 Å². The predicted octanol–water partition coefficient (Wildman–Crippen LogP) is 2.39. The van der Waals surface area contributed by atoms with Crippen LogP contribution < -0.4 is 14.2 Å². The number of hydrogen-bond acceptors (Lipinski definition) is 6. The fourth-order valence-corrected chi connectivity index (χ4v) is 5.59. The summed E-state index contributed by atoms with van der Waals surface area (Å²) in [7, 11) is 1.34. The minimum absolute atomic E-state index is 0.102. The Labute approximate surface area is 161 Å². The number of nitrogens with zero attached hydrogens (tertiary/aromatic N) is 1. The molecule has 1 heterocycles. The molecule has 1 saturated heterocycles. The van der Waals surface area contributed by atoms with Crippen molar-refractivity contribution in [1.29, 1.82) is 0 Å². The molecule has 1 aromatic rings. The van der Waals surface area contributed by atoms with E-state index in [1.165, 1.54) is 21.3 Å². The molecule has 0 radical (unpaired) electrons. The summed E-state index contributed by atoms with van der Waals surface area (Å²) < 4.78 is 40.9. The Bertz CT molecular complexity index is 767. The molecule has 7 nitrogen and oxygen atoms in total. The van der Waals surface area contributed by atoms with E-state index < -0.39 is 9.84 Å². The van der Waals surface area contributed by atoms with Gasteiger partial charge in [-0.3, -0.25) is 4.79 Å². The second kappa shape index (κ2) is 8.82. The first-order chi connectivity index (χ1) is 12.7. The molecule has 152 valence electrons. The van der Waals surface area contributed by atoms with Crippen LogP contribution in [0.15, 0.2) is 12.1 Å². The molecule has 0 unspecified atom stereocenters. The fourth-order valence-electron chi connectivity index (χ4n) is 3.46. The van der Waals surface area contributed by atoms with E-state index in [-0.39, 0.29) is 22.8 Å². The van der Waals surface area contributed by atoms with Crippen molar-refractivity contribution in [2.45, 2.75) is 31.9 Å². The Balaban J connectivity index is 2.17. The zero-order valence-corrected chi connectivity index (χ0v) is 17.5. The molecule has 0 aliphatic carbocycles. The summed E-state index contributed by atoms with van der Waals surface area (Å²) in [5.74, 6) is 1.24. The normalized spacial score (nSPS) is 15.7. The molecule has 0 atom stereocenters. The molecule has 1 fully saturated rings. The maximum absolute atomic E-state index is 13.0. The highest BCUT2D eigenvalue weighted by atomic mass is 32.2. The van der Waals surface area contributed by atoms with Crippen LogP contribution >= 0.6 is 0 Å². The van der Waals surface area contributed by atoms with Crippen LogP contribution in [0.1, 0.15) is 37.0 Å². The molecule has 1 aromatic carbocycles. The molecular weight excluding hydrogens is 370 g/mol. The monoisotopic (exact) mass is 399 g/mol. The number of methoxy groups -OCH3 is 3. The second-order valence-electron chi connectivity index (χ2n) is 7.10. The minimum atomic E-state index is -3.13. The molecular formula is C19H29NO6S. The Hall–Kier alpha value is -1.96. The number of sulfone groups is 1. The van der Waals surface area contributed by atoms with Crippen molar-refractivity contribution in [3.05, 3.63) is 17.7 Å². The number of piperidine rings is 1. The van der Waals surface area contributed by atoms with Crippen molar-refractivity contribution in [2.75, 3.05) is 40.2 Å². The first kappa shape index (κ1) is 21.3. The summed E-state index contributed by atoms with van der Waals surface area (Å²) in [5.41, 5.74) is 0.374. The number of ether oxygens (including phenoxy) is 3. The lowest BCUT2D eigenvalue weighted by molar-refractivity contribution is 0.0721. The van der Waals surface area contributed by atoms with Gasteiger partial charge in [0, 0.05) is 13.1 Å². The van der Waals surface area contributed by atoms with E-state index in [2.05, 4.69) is 0 Å². The highest BCUT2D eigenvalue weighted by molar-refractivity contribution is 7.92. The van der Waals surface area contributed by atoms with Crippen LogP contribution in [0.25, 0.3) is 0 Å². The molecule has 8 heteroatoms. The number of benzene rings is 1. The maximum atomic E-state index is 13.0. The van der Waals surface area contributed by atoms with E-state index in [1.54, 1.807) is 17.0 Å². The molecule has 27 heavy (non-hydrogen) atoms. The van der Waals surface area contributed by atoms with E-state index in [4.69, 9.17) is 14.2 Å². The molecule has 1 aliphatic rings. The van der Waals surface area contributed by atoms with Gasteiger partial charge in [-0.15, -0.1) is 0 Å². The first-order valence-corrected chi connectivity index (χ1v) is 10.8. The lowest BCUT2D eigenvalue weighted by atomic mass is 10.1. The lowest BCUT2D eigenvalue weighted by Gasteiger charge is -2.32. The van der Waals surface area contributed by atoms with Crippen molar-refractivity contribution in [1.82, 2.24) is 4.90 Å². The van der Waals surface area contributed by atoms with Crippen LogP contribution in [0.5, 0.6) is 17.2 Å². The van der Waals surface area contributed by atoms with E-state index in [0.29, 0.717) is 48.7 Å². The maximum Gasteiger partial charge on any atom is 0.257 e. The van der Waals surface area contributed by atoms with Crippen molar-refractivity contribution >= 4 is 15.7 Å². The smallest absolute Gasteiger partial charge is 0.257 e. The summed E-state index contributed by atoms with van der Waals surface area (Å²) in [6, 6.07) is 3.30. The Morgan fingerprint density at radius 1 is 1.07 bits per heavy atom. The Morgan fingerprint density at radius 2 is 1.67 bits per heavy atom. The zero-order chi connectivity index (χ0) is 20.2. The second-order valence-corrected chi connectivity index (χ2v) is 9.42. The molecule has 0 spiro atoms. The van der Waals surface area contributed by atoms with Crippen LogP contribution in [-0.2, 0) is 9.84 Å². The van der Waals surface area contributed by atoms with Crippen molar-refractivity contribution in [3.63, 3.8) is 0 Å². The Morgan fingerprint density at radius 3 is 2.15 bits per heavy atom. The molecule has 0 saturated carbocycles. The largest absolute Gasteiger partial charge is 0.493 e. The van der Waals surface area contributed by atoms with Gasteiger partial charge in [-0.1, -0.05) is 13.8 Å². The number of carbonyl (C=O) groups is 1. The molecule has 1 amide bonds. The summed E-state index contributed by atoms with van der Waals surface area (Å²) in [6.45, 7) is 4.61. The van der Waals surface area contributed by atoms with Crippen LogP contribution in [0, 0.1) is 5.92 Å². The third-order valence-corrected chi connectivity index (χ3v) is 7.36. The van der Waals surface area contributed by atoms with Gasteiger partial charge in [-0.25, -0.2) is 8.42 Å². The van der Waals surface area contributed by atoms with Crippen LogP contribution in [0.3, 0.4) is 0 Å². The van der Waals surface area contributed by atoms with Gasteiger partial charge in [0.15, 0.2) is 21.3 Å². The quantitative estimate of drug-likeness (QED) is 0.700. The molecule has 1 aliphatic heterocycles. The van der Waals surface area contributed by atoms with Gasteiger partial charge in [0.2, 0.25) is 5.75 Å². The molecule has 0 N–H and O–H groups in total. The third-order valence-electron chi connectivity index (χ3n) is 4.74. The van der Waals surface area contributed by atoms with Gasteiger partial charge < -0.3 is 19.1 Å². The van der Waals surface area contributed by atoms with Crippen molar-refractivity contribution in [2.24, 2.45) is 5.92 Å². The molecule has 2 rings (SSSR count). The van der Waals surface area contributed by atoms with Gasteiger partial charge in [-0.05, 0) is 30.9 Å². The average Bonchev–Trinajstić information content (AvgIpc) is 2.65. The standard InChI is InChI=1S/C19H29NO6S/c1-13(2)12-27(22,23)14-8-10-20(11-9-14)19(21)15-6-7-16(24-3)18(26-5)17(15)25-4/h6-7,13-14H,8-12H2,1-5H3. The Kier molecular flexibility index (Phi) is 6.97. The summed E-state index contributed by atoms with van der Waals surface area (Å²) in [5, 5.41) is -0.378. The zero-order valence-electron chi connectivity index (χ0n) is 16.6. The van der Waals surface area contributed by atoms with Gasteiger partial charge in [-0.2, -0.15) is 0 Å². The summed E-state index contributed by atoms with van der Waals surface area (Å²) in [4.78, 5) is 14.7. The highest BCUT2D eigenvalue weighted by Gasteiger charge is 2.33. The van der Waals surface area contributed by atoms with Crippen molar-refractivity contribution in [3.8, 4) is 17.2 Å². The first-order valence-electron chi connectivity index (χ1n) is 9.05. The van der Waals surface area contributed by atoms with E-state index in [9.17, 15) is 13.2 Å². The summed E-state index contributed by atoms with van der Waals surface area (Å²) >= 11 is 0. The SMILES string of the molecule is COc1ccc(C(=O)N2CCC(S(=O)(=O)CC(C)C)CC2)c(OC)c1OC. The third kappa shape index (κ3) is 4.66. The topological polar surface area (TPSA) is 82.1 Å². The minimum Gasteiger partial charge on any atom is -0.493 e. The fraction of sp³-hybridized carbons (Fsp3) is 0.632. The number of carbonyl (C=O) groups excluding carboxylic acids is 1. The number of hydrogen-bond donors (Lipinski definition) is 0. The van der Waals surface area contributed by atoms with Gasteiger partial charge in [0.1, 0.15) is 0 Å². The number of rotatable bonds is 7. The number of amides is 1. The van der Waals surface area contributed by atoms with Gasteiger partial charge in [0.25, 0.3) is 5.91 Å². The highest BCUT2D eigenvalue weighted by Crippen LogP contribution is 2.40. The van der Waals surface area contributed by atoms with Crippen molar-refractivity contribution < 1.29 is 27.4 Å². The number of likely N-dealkylation sites (tertiary alicyclic amines) is 1. The average molecular weight is 400 g/mol. The van der Waals surface area contributed by atoms with E-state index in [0.717, 1.165) is 0 Å². The molecule has 0 bridgehead atoms. The van der Waals surface area contributed by atoms with Gasteiger partial charge in [0.05, 0.1) is 37.9 Å². The van der Waals surface area contributed by atoms with Gasteiger partial charge >= 0.3 is 0 Å². The predicted molar refractivity (Wildman–Crippen MR) is 104 cm³/mol. The summed E-state index contributed by atoms with van der Waals surface area (Å²) in [6.07, 6.45) is 0.910. The van der Waals surface area contributed by atoms with Crippen LogP contribution in [-0.4, -0.2) is 64.6 Å². The van der Waals surface area contributed by atoms with Crippen LogP contribution in [0.2, 0.25) is 0 Å². The van der Waals surface area contributed by atoms with Crippen LogP contribution in [0.4, 0.5) is 0 Å².